The quantitative estimate of drug-likeness (QED) is 0.773. The smallest absolute Gasteiger partial charge is 0.220 e. The third-order valence-electron chi connectivity index (χ3n) is 3.43. The van der Waals surface area contributed by atoms with Crippen LogP contribution in [-0.2, 0) is 4.79 Å². The summed E-state index contributed by atoms with van der Waals surface area (Å²) in [6, 6.07) is 14.0. The number of amides is 1. The van der Waals surface area contributed by atoms with Crippen molar-refractivity contribution in [1.29, 1.82) is 0 Å². The molecule has 0 fully saturated rings. The number of carbonyl (C=O) groups excluding carboxylic acids is 1. The van der Waals surface area contributed by atoms with Gasteiger partial charge in [0.05, 0.1) is 18.8 Å². The maximum absolute atomic E-state index is 11.8. The summed E-state index contributed by atoms with van der Waals surface area (Å²) in [7, 11) is 0. The van der Waals surface area contributed by atoms with Crippen LogP contribution in [0.5, 0.6) is 5.75 Å². The van der Waals surface area contributed by atoms with E-state index in [2.05, 4.69) is 5.32 Å². The number of aliphatic hydroxyl groups is 1. The molecule has 2 aromatic carbocycles. The first-order valence-corrected chi connectivity index (χ1v) is 7.54. The van der Waals surface area contributed by atoms with Gasteiger partial charge in [0.15, 0.2) is 0 Å². The van der Waals surface area contributed by atoms with Crippen LogP contribution >= 0.6 is 0 Å². The van der Waals surface area contributed by atoms with Gasteiger partial charge in [0.25, 0.3) is 0 Å². The van der Waals surface area contributed by atoms with E-state index in [1.165, 1.54) is 0 Å². The molecule has 0 unspecified atom stereocenters. The van der Waals surface area contributed by atoms with Crippen molar-refractivity contribution < 1.29 is 14.6 Å². The zero-order chi connectivity index (χ0) is 16.0. The predicted molar refractivity (Wildman–Crippen MR) is 88.0 cm³/mol. The van der Waals surface area contributed by atoms with E-state index < -0.39 is 5.54 Å². The lowest BCUT2D eigenvalue weighted by atomic mass is 10.1. The highest BCUT2D eigenvalue weighted by Gasteiger charge is 2.18. The van der Waals surface area contributed by atoms with Gasteiger partial charge in [0.2, 0.25) is 5.91 Å². The fraction of sp³-hybridized carbons (Fsp3) is 0.389. The van der Waals surface area contributed by atoms with E-state index in [9.17, 15) is 4.79 Å². The minimum atomic E-state index is -0.576. The molecule has 2 rings (SSSR count). The molecule has 0 saturated heterocycles. The average Bonchev–Trinajstić information content (AvgIpc) is 2.51. The van der Waals surface area contributed by atoms with Crippen molar-refractivity contribution >= 4 is 16.7 Å². The summed E-state index contributed by atoms with van der Waals surface area (Å²) < 4.78 is 5.80. The van der Waals surface area contributed by atoms with Gasteiger partial charge in [-0.25, -0.2) is 0 Å². The van der Waals surface area contributed by atoms with Gasteiger partial charge >= 0.3 is 0 Å². The fourth-order valence-electron chi connectivity index (χ4n) is 2.22. The molecule has 0 aliphatic rings. The summed E-state index contributed by atoms with van der Waals surface area (Å²) in [6.07, 6.45) is 1.02. The second-order valence-corrected chi connectivity index (χ2v) is 6.02. The van der Waals surface area contributed by atoms with Crippen LogP contribution in [0, 0.1) is 0 Å². The van der Waals surface area contributed by atoms with Gasteiger partial charge in [0.1, 0.15) is 5.75 Å². The summed E-state index contributed by atoms with van der Waals surface area (Å²) in [5, 5.41) is 14.1. The average molecular weight is 301 g/mol. The first-order chi connectivity index (χ1) is 10.5. The van der Waals surface area contributed by atoms with Gasteiger partial charge in [-0.3, -0.25) is 4.79 Å². The molecule has 0 aromatic heterocycles. The molecule has 0 heterocycles. The van der Waals surface area contributed by atoms with Gasteiger partial charge in [-0.15, -0.1) is 0 Å². The zero-order valence-corrected chi connectivity index (χ0v) is 13.1. The highest BCUT2D eigenvalue weighted by molar-refractivity contribution is 5.88. The molecule has 0 atom stereocenters. The number of aliphatic hydroxyl groups excluding tert-OH is 1. The van der Waals surface area contributed by atoms with Crippen molar-refractivity contribution in [2.45, 2.75) is 32.2 Å². The lowest BCUT2D eigenvalue weighted by Gasteiger charge is -2.23. The maximum atomic E-state index is 11.8. The van der Waals surface area contributed by atoms with Crippen molar-refractivity contribution in [1.82, 2.24) is 5.32 Å². The van der Waals surface area contributed by atoms with E-state index in [1.54, 1.807) is 13.8 Å². The Kier molecular flexibility index (Phi) is 5.39. The van der Waals surface area contributed by atoms with Crippen molar-refractivity contribution in [3.05, 3.63) is 42.5 Å². The minimum Gasteiger partial charge on any atom is -0.493 e. The molecule has 118 valence electrons. The molecule has 0 saturated carbocycles. The van der Waals surface area contributed by atoms with Gasteiger partial charge in [-0.05, 0) is 31.7 Å². The van der Waals surface area contributed by atoms with Crippen LogP contribution in [0.1, 0.15) is 26.7 Å². The summed E-state index contributed by atoms with van der Waals surface area (Å²) >= 11 is 0. The number of hydrogen-bond acceptors (Lipinski definition) is 3. The molecule has 0 bridgehead atoms. The van der Waals surface area contributed by atoms with Gasteiger partial charge in [-0.2, -0.15) is 0 Å². The molecule has 2 N–H and O–H groups in total. The molecule has 0 aliphatic heterocycles. The minimum absolute atomic E-state index is 0.0689. The number of rotatable bonds is 7. The van der Waals surface area contributed by atoms with Crippen LogP contribution in [0.3, 0.4) is 0 Å². The Morgan fingerprint density at radius 2 is 1.91 bits per heavy atom. The van der Waals surface area contributed by atoms with Crippen LogP contribution < -0.4 is 10.1 Å². The van der Waals surface area contributed by atoms with E-state index in [4.69, 9.17) is 9.84 Å². The number of nitrogens with one attached hydrogen (secondary N) is 1. The SMILES string of the molecule is CC(C)(CO)NC(=O)CCCOc1cccc2ccccc12. The highest BCUT2D eigenvalue weighted by atomic mass is 16.5. The van der Waals surface area contributed by atoms with E-state index in [-0.39, 0.29) is 12.5 Å². The summed E-state index contributed by atoms with van der Waals surface area (Å²) in [4.78, 5) is 11.8. The second-order valence-electron chi connectivity index (χ2n) is 6.02. The lowest BCUT2D eigenvalue weighted by molar-refractivity contribution is -0.123. The number of benzene rings is 2. The molecule has 2 aromatic rings. The summed E-state index contributed by atoms with van der Waals surface area (Å²) in [5.41, 5.74) is -0.576. The molecule has 22 heavy (non-hydrogen) atoms. The first kappa shape index (κ1) is 16.3. The highest BCUT2D eigenvalue weighted by Crippen LogP contribution is 2.25. The topological polar surface area (TPSA) is 58.6 Å². The Balaban J connectivity index is 1.82. The van der Waals surface area contributed by atoms with Crippen molar-refractivity contribution in [2.24, 2.45) is 0 Å². The number of fused-ring (bicyclic) bond motifs is 1. The Hall–Kier alpha value is -2.07. The third-order valence-corrected chi connectivity index (χ3v) is 3.43. The van der Waals surface area contributed by atoms with Crippen molar-refractivity contribution in [2.75, 3.05) is 13.2 Å². The normalized spacial score (nSPS) is 11.4. The van der Waals surface area contributed by atoms with Gasteiger partial charge < -0.3 is 15.2 Å². The zero-order valence-electron chi connectivity index (χ0n) is 13.1. The van der Waals surface area contributed by atoms with Crippen LogP contribution in [0.2, 0.25) is 0 Å². The third kappa shape index (κ3) is 4.46. The summed E-state index contributed by atoms with van der Waals surface area (Å²) in [6.45, 7) is 3.99. The van der Waals surface area contributed by atoms with E-state index in [0.29, 0.717) is 19.4 Å². The van der Waals surface area contributed by atoms with Crippen molar-refractivity contribution in [3.8, 4) is 5.75 Å². The number of carbonyl (C=O) groups is 1. The molecule has 1 amide bonds. The van der Waals surface area contributed by atoms with Crippen LogP contribution in [-0.4, -0.2) is 29.8 Å². The van der Waals surface area contributed by atoms with Crippen molar-refractivity contribution in [3.63, 3.8) is 0 Å². The second kappa shape index (κ2) is 7.27. The van der Waals surface area contributed by atoms with E-state index in [0.717, 1.165) is 16.5 Å². The molecule has 0 spiro atoms. The number of hydrogen-bond donors (Lipinski definition) is 2. The van der Waals surface area contributed by atoms with E-state index in [1.807, 2.05) is 42.5 Å². The first-order valence-electron chi connectivity index (χ1n) is 7.54. The van der Waals surface area contributed by atoms with Gasteiger partial charge in [-0.1, -0.05) is 36.4 Å². The molecule has 0 radical (unpaired) electrons. The standard InChI is InChI=1S/C18H23NO3/c1-18(2,13-20)19-17(21)11-6-12-22-16-10-5-8-14-7-3-4-9-15(14)16/h3-5,7-10,20H,6,11-13H2,1-2H3,(H,19,21). The maximum Gasteiger partial charge on any atom is 0.220 e. The van der Waals surface area contributed by atoms with Crippen LogP contribution in [0.4, 0.5) is 0 Å². The number of ether oxygens (including phenoxy) is 1. The Morgan fingerprint density at radius 1 is 1.18 bits per heavy atom. The fourth-order valence-corrected chi connectivity index (χ4v) is 2.22. The molecular formula is C18H23NO3. The monoisotopic (exact) mass is 301 g/mol. The van der Waals surface area contributed by atoms with Crippen LogP contribution in [0.25, 0.3) is 10.8 Å². The molecular weight excluding hydrogens is 278 g/mol. The molecule has 0 aliphatic carbocycles. The van der Waals surface area contributed by atoms with Gasteiger partial charge in [0, 0.05) is 11.8 Å². The predicted octanol–water partition coefficient (Wildman–Crippen LogP) is 2.89. The van der Waals surface area contributed by atoms with E-state index >= 15 is 0 Å². The Labute approximate surface area is 131 Å². The van der Waals surface area contributed by atoms with Crippen LogP contribution in [0.15, 0.2) is 42.5 Å². The lowest BCUT2D eigenvalue weighted by Crippen LogP contribution is -2.46. The molecule has 4 nitrogen and oxygen atoms in total. The Bertz CT molecular complexity index is 632. The Morgan fingerprint density at radius 3 is 2.68 bits per heavy atom. The largest absolute Gasteiger partial charge is 0.493 e. The summed E-state index contributed by atoms with van der Waals surface area (Å²) in [5.74, 6) is 0.773. The molecule has 4 heteroatoms.